The van der Waals surface area contributed by atoms with Gasteiger partial charge in [0.25, 0.3) is 0 Å². The number of hydrogen-bond donors (Lipinski definition) is 2. The molecule has 0 radical (unpaired) electrons. The molecule has 0 atom stereocenters. The van der Waals surface area contributed by atoms with Crippen molar-refractivity contribution in [3.05, 3.63) is 460 Å². The van der Waals surface area contributed by atoms with Gasteiger partial charge in [-0.3, -0.25) is 0 Å². The Labute approximate surface area is 684 Å². The summed E-state index contributed by atoms with van der Waals surface area (Å²) in [6.45, 7) is 4.19. The molecule has 22 rings (SSSR count). The lowest BCUT2D eigenvalue weighted by Crippen LogP contribution is -2.32. The van der Waals surface area contributed by atoms with Crippen LogP contribution in [0.1, 0.15) is 55.6 Å². The van der Waals surface area contributed by atoms with E-state index in [4.69, 9.17) is 19.9 Å². The van der Waals surface area contributed by atoms with Gasteiger partial charge in [0.2, 0.25) is 0 Å². The van der Waals surface area contributed by atoms with E-state index in [1.54, 1.807) is 0 Å². The van der Waals surface area contributed by atoms with Crippen molar-refractivity contribution in [2.24, 2.45) is 0 Å². The molecule has 18 aromatic rings. The van der Waals surface area contributed by atoms with Crippen LogP contribution in [0.3, 0.4) is 0 Å². The molecule has 0 fully saturated rings. The van der Waals surface area contributed by atoms with Gasteiger partial charge in [-0.2, -0.15) is 0 Å². The van der Waals surface area contributed by atoms with Gasteiger partial charge in [-0.15, -0.1) is 0 Å². The fourth-order valence-corrected chi connectivity index (χ4v) is 18.6. The molecule has 2 aromatic heterocycles. The first-order valence-electron chi connectivity index (χ1n) is 39.4. The van der Waals surface area contributed by atoms with E-state index in [9.17, 15) is 10.0 Å². The largest absolute Gasteiger partial charge is 0.488 e. The zero-order valence-corrected chi connectivity index (χ0v) is 65.3. The number of nitrogens with zero attached hydrogens (tertiary/aromatic N) is 4. The molecule has 0 bridgehead atoms. The van der Waals surface area contributed by atoms with Crippen molar-refractivity contribution < 1.29 is 10.0 Å². The van der Waals surface area contributed by atoms with Crippen LogP contribution in [-0.4, -0.2) is 37.1 Å². The predicted molar refractivity (Wildman–Crippen MR) is 479 cm³/mol. The van der Waals surface area contributed by atoms with E-state index < -0.39 is 12.5 Å². The first kappa shape index (κ1) is 71.2. The second kappa shape index (κ2) is 29.6. The highest BCUT2D eigenvalue weighted by Gasteiger charge is 2.53. The van der Waals surface area contributed by atoms with Crippen LogP contribution in [0, 0.1) is 13.8 Å². The number of halogens is 1. The molecule has 8 heteroatoms. The highest BCUT2D eigenvalue weighted by atomic mass is 79.9. The maximum atomic E-state index is 9.85. The fraction of sp³-hybridized carbons (Fsp3) is 0.0370. The Morgan fingerprint density at radius 2 is 0.483 bits per heavy atom. The minimum Gasteiger partial charge on any atom is -0.423 e. The molecule has 0 aliphatic heterocycles. The van der Waals surface area contributed by atoms with Crippen molar-refractivity contribution in [3.8, 4) is 146 Å². The molecule has 4 aliphatic carbocycles. The minimum absolute atomic E-state index is 0.383. The second-order valence-corrected chi connectivity index (χ2v) is 31.3. The van der Waals surface area contributed by atoms with Gasteiger partial charge in [0.05, 0.1) is 33.6 Å². The van der Waals surface area contributed by atoms with Gasteiger partial charge in [0.1, 0.15) is 0 Å². The summed E-state index contributed by atoms with van der Waals surface area (Å²) in [5, 5.41) is 19.7. The molecule has 116 heavy (non-hydrogen) atoms. The highest BCUT2D eigenvalue weighted by molar-refractivity contribution is 9.10. The second-order valence-electron chi connectivity index (χ2n) is 30.4. The van der Waals surface area contributed by atoms with Gasteiger partial charge in [0.15, 0.2) is 11.6 Å². The van der Waals surface area contributed by atoms with Crippen molar-refractivity contribution in [1.82, 2.24) is 19.9 Å². The molecular formula is C108H74BBrN4O2. The van der Waals surface area contributed by atoms with Crippen LogP contribution in [0.2, 0.25) is 0 Å². The molecular weight excluding hydrogens is 1480 g/mol. The van der Waals surface area contributed by atoms with Gasteiger partial charge in [-0.25, -0.2) is 19.9 Å². The van der Waals surface area contributed by atoms with Crippen LogP contribution in [0.5, 0.6) is 0 Å². The van der Waals surface area contributed by atoms with Crippen molar-refractivity contribution in [1.29, 1.82) is 0 Å². The molecule has 16 aromatic carbocycles. The lowest BCUT2D eigenvalue weighted by atomic mass is 9.68. The van der Waals surface area contributed by atoms with Crippen LogP contribution in [0.4, 0.5) is 0 Å². The molecule has 548 valence electrons. The van der Waals surface area contributed by atoms with E-state index in [0.717, 1.165) is 88.7 Å². The standard InChI is InChI=1S/C54H36N2.C29H21BrN2.C25H17BO2/c1-35-25-27-37(28-26-35)53-55-51(41-17-11-15-38(31-41)36-13-3-2-4-14-36)34-52(56-53)42-18-12-16-39(32-42)40-29-30-46-45-21-7-10-24-49(45)54(50(46)33-40)47-22-8-5-19-43(47)44-20-6-9-23-48(44)54;1-20-13-15-22(16-14-20)29-31-27(19-28(32-29)25-11-6-12-26(30)18-25)24-10-5-9-23(17-24)21-7-3-2-4-8-21;27-26(28)16-13-14-20-19-9-3-6-12-23(19)25(24(20)15-16)21-10-4-1-7-17(21)18-8-2-5-11-22(18)25/h2-34H,1H3;2-19H,1H3;1-15,27-28H. The van der Waals surface area contributed by atoms with Gasteiger partial charge in [0, 0.05) is 37.9 Å². The van der Waals surface area contributed by atoms with Crippen LogP contribution < -0.4 is 5.46 Å². The van der Waals surface area contributed by atoms with Crippen LogP contribution in [-0.2, 0) is 10.8 Å². The van der Waals surface area contributed by atoms with E-state index in [0.29, 0.717) is 11.3 Å². The van der Waals surface area contributed by atoms with Crippen molar-refractivity contribution in [2.45, 2.75) is 24.7 Å². The fourth-order valence-electron chi connectivity index (χ4n) is 18.2. The molecule has 2 N–H and O–H groups in total. The van der Waals surface area contributed by atoms with Crippen molar-refractivity contribution >= 4 is 28.5 Å². The van der Waals surface area contributed by atoms with E-state index in [2.05, 4.69) is 394 Å². The molecule has 0 saturated carbocycles. The molecule has 2 heterocycles. The summed E-state index contributed by atoms with van der Waals surface area (Å²) < 4.78 is 1.03. The molecule has 4 aliphatic rings. The van der Waals surface area contributed by atoms with Gasteiger partial charge in [-0.1, -0.05) is 379 Å². The highest BCUT2D eigenvalue weighted by Crippen LogP contribution is 2.65. The van der Waals surface area contributed by atoms with Crippen molar-refractivity contribution in [2.75, 3.05) is 0 Å². The minimum atomic E-state index is -1.49. The summed E-state index contributed by atoms with van der Waals surface area (Å²) >= 11 is 3.59. The Morgan fingerprint density at radius 3 is 0.836 bits per heavy atom. The van der Waals surface area contributed by atoms with E-state index in [-0.39, 0.29) is 5.41 Å². The maximum absolute atomic E-state index is 9.85. The average molecular weight is 1550 g/mol. The van der Waals surface area contributed by atoms with E-state index in [1.807, 2.05) is 36.4 Å². The summed E-state index contributed by atoms with van der Waals surface area (Å²) in [4.78, 5) is 20.3. The lowest BCUT2D eigenvalue weighted by Gasteiger charge is -2.30. The van der Waals surface area contributed by atoms with Crippen LogP contribution in [0.15, 0.2) is 405 Å². The lowest BCUT2D eigenvalue weighted by molar-refractivity contribution is 0.425. The van der Waals surface area contributed by atoms with Gasteiger partial charge >= 0.3 is 7.12 Å². The zero-order chi connectivity index (χ0) is 78.0. The number of benzene rings is 16. The normalized spacial score (nSPS) is 12.7. The van der Waals surface area contributed by atoms with Crippen molar-refractivity contribution in [3.63, 3.8) is 0 Å². The first-order valence-corrected chi connectivity index (χ1v) is 40.2. The summed E-state index contributed by atoms with van der Waals surface area (Å²) in [5.74, 6) is 1.44. The number of fused-ring (bicyclic) bond motifs is 20. The Balaban J connectivity index is 0.000000122. The van der Waals surface area contributed by atoms with Gasteiger partial charge < -0.3 is 10.0 Å². The number of hydrogen-bond acceptors (Lipinski definition) is 6. The Bertz CT molecular complexity index is 6730. The third kappa shape index (κ3) is 12.4. The first-order chi connectivity index (χ1) is 57.0. The molecule has 0 unspecified atom stereocenters. The van der Waals surface area contributed by atoms with Crippen LogP contribution >= 0.6 is 15.9 Å². The SMILES string of the molecule is Cc1ccc(-c2nc(-c3cccc(-c4ccccc4)c3)cc(-c3cccc(-c4ccc5c(c4)C4(c6ccccc6-c6ccccc64)c4ccccc4-5)c3)n2)cc1.Cc1ccc(-c2nc(-c3cccc(Br)c3)cc(-c3cccc(-c4ccccc4)c3)n2)cc1.OB(O)c1ccc2c(c1)C1(c3ccccc3-c3ccccc31)c1ccccc1-2. The number of rotatable bonds is 10. The number of aryl methyl sites for hydroxylation is 2. The average Bonchev–Trinajstić information content (AvgIpc) is 1.51. The van der Waals surface area contributed by atoms with Gasteiger partial charge in [-0.05, 0) is 190 Å². The summed E-state index contributed by atoms with van der Waals surface area (Å²) in [7, 11) is -1.49. The zero-order valence-electron chi connectivity index (χ0n) is 63.7. The Kier molecular flexibility index (Phi) is 18.2. The Morgan fingerprint density at radius 1 is 0.216 bits per heavy atom. The molecule has 0 saturated heterocycles. The Hall–Kier alpha value is -13.9. The van der Waals surface area contributed by atoms with E-state index >= 15 is 0 Å². The molecule has 6 nitrogen and oxygen atoms in total. The monoisotopic (exact) mass is 1550 g/mol. The number of aromatic nitrogens is 4. The topological polar surface area (TPSA) is 92.0 Å². The third-order valence-corrected chi connectivity index (χ3v) is 24.0. The maximum Gasteiger partial charge on any atom is 0.488 e. The predicted octanol–water partition coefficient (Wildman–Crippen LogP) is 25.4. The third-order valence-electron chi connectivity index (χ3n) is 23.5. The summed E-state index contributed by atoms with van der Waals surface area (Å²) in [5.41, 5.74) is 39.4. The smallest absolute Gasteiger partial charge is 0.423 e. The van der Waals surface area contributed by atoms with E-state index in [1.165, 1.54) is 111 Å². The quantitative estimate of drug-likeness (QED) is 0.133. The summed E-state index contributed by atoms with van der Waals surface area (Å²) in [6.07, 6.45) is 0. The molecule has 0 amide bonds. The summed E-state index contributed by atoms with van der Waals surface area (Å²) in [6, 6.07) is 142. The van der Waals surface area contributed by atoms with Crippen LogP contribution in [0.25, 0.3) is 146 Å². The molecule has 2 spiro atoms.